The van der Waals surface area contributed by atoms with Gasteiger partial charge >= 0.3 is 5.97 Å². The molecule has 198 valence electrons. The molecule has 0 bridgehead atoms. The minimum Gasteiger partial charge on any atom is -0.480 e. The monoisotopic (exact) mass is 539 g/mol. The molecule has 0 aliphatic rings. The van der Waals surface area contributed by atoms with Crippen molar-refractivity contribution in [1.29, 1.82) is 5.26 Å². The van der Waals surface area contributed by atoms with Gasteiger partial charge in [0.15, 0.2) is 0 Å². The molecule has 4 rings (SSSR count). The van der Waals surface area contributed by atoms with E-state index in [4.69, 9.17) is 5.26 Å². The van der Waals surface area contributed by atoms with Gasteiger partial charge in [0.2, 0.25) is 0 Å². The molecule has 0 saturated carbocycles. The van der Waals surface area contributed by atoms with Crippen molar-refractivity contribution in [1.82, 2.24) is 14.9 Å². The number of aliphatic carboxylic acids is 1. The molecule has 1 heterocycles. The lowest BCUT2D eigenvalue weighted by atomic mass is 9.98. The molecule has 0 fully saturated rings. The van der Waals surface area contributed by atoms with Crippen LogP contribution in [-0.4, -0.2) is 44.6 Å². The molecular weight excluding hydrogens is 510 g/mol. The Hall–Kier alpha value is -4.55. The topological polar surface area (TPSA) is 120 Å². The van der Waals surface area contributed by atoms with Gasteiger partial charge in [0, 0.05) is 24.0 Å². The van der Waals surface area contributed by atoms with Crippen LogP contribution in [0.1, 0.15) is 33.6 Å². The fraction of sp³-hybridized carbons (Fsp3) is 0.200. The number of carboxylic acids is 1. The summed E-state index contributed by atoms with van der Waals surface area (Å²) in [7, 11) is 0. The number of aromatic nitrogens is 2. The maximum Gasteiger partial charge on any atom is 0.326 e. The number of nitriles is 1. The first-order chi connectivity index (χ1) is 19.0. The van der Waals surface area contributed by atoms with Crippen LogP contribution >= 0.6 is 11.8 Å². The zero-order chi connectivity index (χ0) is 27.6. The van der Waals surface area contributed by atoms with E-state index in [1.54, 1.807) is 30.7 Å². The van der Waals surface area contributed by atoms with E-state index in [-0.39, 0.29) is 0 Å². The number of imidazole rings is 1. The summed E-state index contributed by atoms with van der Waals surface area (Å²) in [6.07, 6.45) is 5.82. The van der Waals surface area contributed by atoms with Gasteiger partial charge < -0.3 is 20.3 Å². The standard InChI is InChI=1S/C30H29N5O3S/c1-39-14-13-28(30(37)38)34-29(36)26-12-11-24(15-27(26)23-5-3-2-4-6-23)33-18-25-17-32-20-35(25)19-22-9-7-21(16-31)8-10-22/h2-12,15,17,20,28,33H,13-14,18-19H2,1H3,(H,34,36)(H,37,38)/t28-/m0/s1. The van der Waals surface area contributed by atoms with E-state index >= 15 is 0 Å². The highest BCUT2D eigenvalue weighted by Crippen LogP contribution is 2.28. The van der Waals surface area contributed by atoms with E-state index < -0.39 is 17.9 Å². The van der Waals surface area contributed by atoms with E-state index in [0.29, 0.717) is 42.0 Å². The van der Waals surface area contributed by atoms with Gasteiger partial charge in [-0.2, -0.15) is 17.0 Å². The Labute approximate surface area is 231 Å². The first-order valence-corrected chi connectivity index (χ1v) is 13.8. The van der Waals surface area contributed by atoms with Crippen LogP contribution in [0.4, 0.5) is 5.69 Å². The second-order valence-corrected chi connectivity index (χ2v) is 9.93. The number of nitrogens with one attached hydrogen (secondary N) is 2. The van der Waals surface area contributed by atoms with Crippen molar-refractivity contribution in [3.63, 3.8) is 0 Å². The van der Waals surface area contributed by atoms with Crippen LogP contribution in [0.15, 0.2) is 85.3 Å². The maximum absolute atomic E-state index is 13.2. The van der Waals surface area contributed by atoms with Crippen LogP contribution in [0.2, 0.25) is 0 Å². The van der Waals surface area contributed by atoms with E-state index in [1.165, 1.54) is 11.8 Å². The minimum absolute atomic E-state index is 0.346. The number of anilines is 1. The van der Waals surface area contributed by atoms with Crippen LogP contribution in [-0.2, 0) is 17.9 Å². The third kappa shape index (κ3) is 7.27. The van der Waals surface area contributed by atoms with Gasteiger partial charge in [-0.15, -0.1) is 0 Å². The van der Waals surface area contributed by atoms with E-state index in [9.17, 15) is 14.7 Å². The number of rotatable bonds is 12. The van der Waals surface area contributed by atoms with Crippen molar-refractivity contribution < 1.29 is 14.7 Å². The van der Waals surface area contributed by atoms with Gasteiger partial charge in [0.25, 0.3) is 5.91 Å². The van der Waals surface area contributed by atoms with Crippen molar-refractivity contribution >= 4 is 29.3 Å². The summed E-state index contributed by atoms with van der Waals surface area (Å²) < 4.78 is 2.04. The number of carbonyl (C=O) groups excluding carboxylic acids is 1. The van der Waals surface area contributed by atoms with Gasteiger partial charge in [0.1, 0.15) is 6.04 Å². The Morgan fingerprint density at radius 1 is 1.10 bits per heavy atom. The Morgan fingerprint density at radius 2 is 1.87 bits per heavy atom. The Morgan fingerprint density at radius 3 is 2.56 bits per heavy atom. The van der Waals surface area contributed by atoms with E-state index in [1.807, 2.05) is 65.4 Å². The third-order valence-electron chi connectivity index (χ3n) is 6.27. The highest BCUT2D eigenvalue weighted by Gasteiger charge is 2.22. The quantitative estimate of drug-likeness (QED) is 0.231. The number of carboxylic acid groups (broad SMARTS) is 1. The second kappa shape index (κ2) is 13.3. The van der Waals surface area contributed by atoms with E-state index in [2.05, 4.69) is 21.7 Å². The van der Waals surface area contributed by atoms with Gasteiger partial charge in [-0.25, -0.2) is 9.78 Å². The maximum atomic E-state index is 13.2. The first-order valence-electron chi connectivity index (χ1n) is 12.4. The van der Waals surface area contributed by atoms with Gasteiger partial charge in [-0.05, 0) is 65.5 Å². The van der Waals surface area contributed by atoms with Crippen LogP contribution in [0.5, 0.6) is 0 Å². The van der Waals surface area contributed by atoms with Crippen molar-refractivity contribution in [3.8, 4) is 17.2 Å². The number of carbonyl (C=O) groups is 2. The molecule has 0 aliphatic heterocycles. The molecule has 0 saturated heterocycles. The highest BCUT2D eigenvalue weighted by molar-refractivity contribution is 7.98. The number of thioether (sulfide) groups is 1. The zero-order valence-corrected chi connectivity index (χ0v) is 22.3. The van der Waals surface area contributed by atoms with Crippen LogP contribution < -0.4 is 10.6 Å². The summed E-state index contributed by atoms with van der Waals surface area (Å²) in [5.41, 5.74) is 5.44. The molecule has 1 aromatic heterocycles. The fourth-order valence-electron chi connectivity index (χ4n) is 4.15. The number of nitrogens with zero attached hydrogens (tertiary/aromatic N) is 3. The fourth-order valence-corrected chi connectivity index (χ4v) is 4.62. The summed E-state index contributed by atoms with van der Waals surface area (Å²) in [4.78, 5) is 29.2. The van der Waals surface area contributed by atoms with Crippen LogP contribution in [0, 0.1) is 11.3 Å². The summed E-state index contributed by atoms with van der Waals surface area (Å²) in [6.45, 7) is 1.13. The molecule has 3 N–H and O–H groups in total. The molecule has 39 heavy (non-hydrogen) atoms. The smallest absolute Gasteiger partial charge is 0.326 e. The summed E-state index contributed by atoms with van der Waals surface area (Å²) >= 11 is 1.54. The second-order valence-electron chi connectivity index (χ2n) is 8.95. The van der Waals surface area contributed by atoms with Crippen LogP contribution in [0.3, 0.4) is 0 Å². The van der Waals surface area contributed by atoms with Crippen molar-refractivity contribution in [2.24, 2.45) is 0 Å². The van der Waals surface area contributed by atoms with E-state index in [0.717, 1.165) is 22.5 Å². The van der Waals surface area contributed by atoms with Crippen molar-refractivity contribution in [2.75, 3.05) is 17.3 Å². The van der Waals surface area contributed by atoms with Crippen molar-refractivity contribution in [2.45, 2.75) is 25.6 Å². The van der Waals surface area contributed by atoms with Gasteiger partial charge in [-0.1, -0.05) is 42.5 Å². The average Bonchev–Trinajstić information content (AvgIpc) is 3.41. The number of hydrogen-bond acceptors (Lipinski definition) is 6. The lowest BCUT2D eigenvalue weighted by Crippen LogP contribution is -2.41. The number of benzene rings is 3. The molecule has 0 spiro atoms. The Kier molecular flexibility index (Phi) is 9.38. The lowest BCUT2D eigenvalue weighted by molar-refractivity contribution is -0.139. The largest absolute Gasteiger partial charge is 0.480 e. The molecule has 1 amide bonds. The molecule has 0 unspecified atom stereocenters. The van der Waals surface area contributed by atoms with Crippen LogP contribution in [0.25, 0.3) is 11.1 Å². The Balaban J connectivity index is 1.53. The predicted molar refractivity (Wildman–Crippen MR) is 154 cm³/mol. The first kappa shape index (κ1) is 27.5. The molecule has 1 atom stereocenters. The molecule has 0 aliphatic carbocycles. The Bertz CT molecular complexity index is 1460. The highest BCUT2D eigenvalue weighted by atomic mass is 32.2. The number of hydrogen-bond donors (Lipinski definition) is 3. The molecule has 0 radical (unpaired) electrons. The molecule has 3 aromatic carbocycles. The average molecular weight is 540 g/mol. The van der Waals surface area contributed by atoms with Crippen molar-refractivity contribution in [3.05, 3.63) is 108 Å². The molecule has 9 heteroatoms. The van der Waals surface area contributed by atoms with Gasteiger partial charge in [0.05, 0.1) is 30.2 Å². The predicted octanol–water partition coefficient (Wildman–Crippen LogP) is 5.02. The SMILES string of the molecule is CSCC[C@H](NC(=O)c1ccc(NCc2cncn2Cc2ccc(C#N)cc2)cc1-c1ccccc1)C(=O)O. The number of amides is 1. The lowest BCUT2D eigenvalue weighted by Gasteiger charge is -2.17. The normalized spacial score (nSPS) is 11.4. The summed E-state index contributed by atoms with van der Waals surface area (Å²) in [5.74, 6) is -0.836. The molecule has 4 aromatic rings. The minimum atomic E-state index is -1.05. The molecular formula is C30H29N5O3S. The van der Waals surface area contributed by atoms with Gasteiger partial charge in [-0.3, -0.25) is 4.79 Å². The summed E-state index contributed by atoms with van der Waals surface area (Å²) in [5, 5.41) is 24.7. The third-order valence-corrected chi connectivity index (χ3v) is 6.92. The summed E-state index contributed by atoms with van der Waals surface area (Å²) in [6, 6.07) is 23.6. The molecule has 8 nitrogen and oxygen atoms in total. The zero-order valence-electron chi connectivity index (χ0n) is 21.5.